The highest BCUT2D eigenvalue weighted by molar-refractivity contribution is 6.03. The van der Waals surface area contributed by atoms with Gasteiger partial charge >= 0.3 is 0 Å². The van der Waals surface area contributed by atoms with Crippen molar-refractivity contribution < 1.29 is 9.32 Å². The average Bonchev–Trinajstić information content (AvgIpc) is 3.24. The SMILES string of the molecule is Cc1ccc(-c2cn3ccccc3n2)cc1NC(=O)c1cc(C2CC2)on1. The monoisotopic (exact) mass is 358 g/mol. The maximum atomic E-state index is 12.6. The fourth-order valence-electron chi connectivity index (χ4n) is 3.13. The maximum absolute atomic E-state index is 12.6. The third-order valence-corrected chi connectivity index (χ3v) is 4.89. The van der Waals surface area contributed by atoms with Crippen LogP contribution >= 0.6 is 0 Å². The van der Waals surface area contributed by atoms with Gasteiger partial charge in [-0.05, 0) is 43.5 Å². The second-order valence-corrected chi connectivity index (χ2v) is 6.96. The van der Waals surface area contributed by atoms with Crippen molar-refractivity contribution in [1.29, 1.82) is 0 Å². The summed E-state index contributed by atoms with van der Waals surface area (Å²) < 4.78 is 7.26. The van der Waals surface area contributed by atoms with Crippen molar-refractivity contribution in [2.45, 2.75) is 25.7 Å². The molecule has 0 saturated heterocycles. The number of aryl methyl sites for hydroxylation is 1. The van der Waals surface area contributed by atoms with Crippen molar-refractivity contribution in [3.05, 3.63) is 71.9 Å². The van der Waals surface area contributed by atoms with Gasteiger partial charge in [0.1, 0.15) is 11.4 Å². The molecule has 1 aromatic carbocycles. The molecule has 6 heteroatoms. The van der Waals surface area contributed by atoms with Crippen molar-refractivity contribution in [3.8, 4) is 11.3 Å². The minimum absolute atomic E-state index is 0.263. The summed E-state index contributed by atoms with van der Waals surface area (Å²) in [6.07, 6.45) is 6.16. The molecule has 27 heavy (non-hydrogen) atoms. The number of imidazole rings is 1. The number of carbonyl (C=O) groups excluding carboxylic acids is 1. The Morgan fingerprint density at radius 1 is 1.22 bits per heavy atom. The predicted octanol–water partition coefficient (Wildman–Crippen LogP) is 4.43. The maximum Gasteiger partial charge on any atom is 0.277 e. The molecule has 3 aromatic heterocycles. The highest BCUT2D eigenvalue weighted by atomic mass is 16.5. The van der Waals surface area contributed by atoms with Gasteiger partial charge in [-0.2, -0.15) is 0 Å². The van der Waals surface area contributed by atoms with E-state index in [4.69, 9.17) is 4.52 Å². The van der Waals surface area contributed by atoms with Gasteiger partial charge in [0.25, 0.3) is 5.91 Å². The van der Waals surface area contributed by atoms with Crippen LogP contribution < -0.4 is 5.32 Å². The van der Waals surface area contributed by atoms with Gasteiger partial charge < -0.3 is 14.2 Å². The van der Waals surface area contributed by atoms with Gasteiger partial charge in [-0.15, -0.1) is 0 Å². The smallest absolute Gasteiger partial charge is 0.277 e. The minimum Gasteiger partial charge on any atom is -0.360 e. The zero-order valence-corrected chi connectivity index (χ0v) is 14.8. The fraction of sp³-hybridized carbons (Fsp3) is 0.190. The summed E-state index contributed by atoms with van der Waals surface area (Å²) >= 11 is 0. The fourth-order valence-corrected chi connectivity index (χ4v) is 3.13. The summed E-state index contributed by atoms with van der Waals surface area (Å²) in [4.78, 5) is 17.2. The molecular formula is C21H18N4O2. The first-order chi connectivity index (χ1) is 13.2. The quantitative estimate of drug-likeness (QED) is 0.586. The van der Waals surface area contributed by atoms with E-state index in [0.29, 0.717) is 11.6 Å². The van der Waals surface area contributed by atoms with E-state index in [1.54, 1.807) is 6.07 Å². The summed E-state index contributed by atoms with van der Waals surface area (Å²) in [6, 6.07) is 13.6. The van der Waals surface area contributed by atoms with Gasteiger partial charge in [0.15, 0.2) is 5.69 Å². The number of amides is 1. The Labute approximate surface area is 155 Å². The summed E-state index contributed by atoms with van der Waals surface area (Å²) in [5, 5.41) is 6.86. The molecule has 0 bridgehead atoms. The number of anilines is 1. The number of benzene rings is 1. The van der Waals surface area contributed by atoms with Crippen LogP contribution in [0.15, 0.2) is 59.4 Å². The molecule has 1 amide bonds. The van der Waals surface area contributed by atoms with Crippen LogP contribution in [0.25, 0.3) is 16.9 Å². The van der Waals surface area contributed by atoms with E-state index in [1.165, 1.54) is 0 Å². The van der Waals surface area contributed by atoms with Crippen LogP contribution in [0.2, 0.25) is 0 Å². The molecular weight excluding hydrogens is 340 g/mol. The van der Waals surface area contributed by atoms with Crippen LogP contribution in [0.4, 0.5) is 5.69 Å². The lowest BCUT2D eigenvalue weighted by atomic mass is 10.1. The van der Waals surface area contributed by atoms with E-state index < -0.39 is 0 Å². The number of rotatable bonds is 4. The van der Waals surface area contributed by atoms with Gasteiger partial charge in [-0.25, -0.2) is 4.98 Å². The normalized spacial score (nSPS) is 13.8. The van der Waals surface area contributed by atoms with Gasteiger partial charge in [-0.1, -0.05) is 23.4 Å². The van der Waals surface area contributed by atoms with Crippen LogP contribution in [0.5, 0.6) is 0 Å². The molecule has 1 aliphatic rings. The van der Waals surface area contributed by atoms with Crippen molar-refractivity contribution in [1.82, 2.24) is 14.5 Å². The Bertz CT molecular complexity index is 1120. The lowest BCUT2D eigenvalue weighted by Gasteiger charge is -2.08. The van der Waals surface area contributed by atoms with Crippen molar-refractivity contribution in [2.24, 2.45) is 0 Å². The number of aromatic nitrogens is 3. The van der Waals surface area contributed by atoms with Crippen molar-refractivity contribution >= 4 is 17.2 Å². The standard InChI is InChI=1S/C21H18N4O2/c1-13-5-6-15(18-12-25-9-3-2-4-20(25)22-18)10-16(13)23-21(26)17-11-19(27-24-17)14-7-8-14/h2-6,9-12,14H,7-8H2,1H3,(H,23,26). The molecule has 6 nitrogen and oxygen atoms in total. The second kappa shape index (κ2) is 6.09. The summed E-state index contributed by atoms with van der Waals surface area (Å²) in [5.74, 6) is 0.968. The zero-order valence-electron chi connectivity index (χ0n) is 14.8. The van der Waals surface area contributed by atoms with E-state index >= 15 is 0 Å². The molecule has 4 aromatic rings. The molecule has 0 spiro atoms. The Kier molecular flexibility index (Phi) is 3.57. The van der Waals surface area contributed by atoms with E-state index in [2.05, 4.69) is 15.5 Å². The van der Waals surface area contributed by atoms with Crippen LogP contribution in [0.1, 0.15) is 40.6 Å². The highest BCUT2D eigenvalue weighted by Gasteiger charge is 2.29. The van der Waals surface area contributed by atoms with Crippen LogP contribution in [0.3, 0.4) is 0 Å². The lowest BCUT2D eigenvalue weighted by molar-refractivity contribution is 0.101. The molecule has 5 rings (SSSR count). The van der Waals surface area contributed by atoms with Crippen molar-refractivity contribution in [2.75, 3.05) is 5.32 Å². The van der Waals surface area contributed by atoms with Gasteiger partial charge in [-0.3, -0.25) is 4.79 Å². The summed E-state index contributed by atoms with van der Waals surface area (Å²) in [5.41, 5.74) is 4.71. The minimum atomic E-state index is -0.263. The topological polar surface area (TPSA) is 72.4 Å². The lowest BCUT2D eigenvalue weighted by Crippen LogP contribution is -2.13. The molecule has 1 saturated carbocycles. The van der Waals surface area contributed by atoms with E-state index in [-0.39, 0.29) is 5.91 Å². The average molecular weight is 358 g/mol. The zero-order chi connectivity index (χ0) is 18.4. The highest BCUT2D eigenvalue weighted by Crippen LogP contribution is 2.40. The Hall–Kier alpha value is -3.41. The molecule has 0 aliphatic heterocycles. The number of carbonyl (C=O) groups is 1. The third-order valence-electron chi connectivity index (χ3n) is 4.89. The predicted molar refractivity (Wildman–Crippen MR) is 102 cm³/mol. The Morgan fingerprint density at radius 2 is 2.11 bits per heavy atom. The number of nitrogens with one attached hydrogen (secondary N) is 1. The van der Waals surface area contributed by atoms with Crippen LogP contribution in [0, 0.1) is 6.92 Å². The first kappa shape index (κ1) is 15.8. The summed E-state index contributed by atoms with van der Waals surface area (Å²) in [6.45, 7) is 1.96. The number of hydrogen-bond acceptors (Lipinski definition) is 4. The van der Waals surface area contributed by atoms with Crippen LogP contribution in [-0.2, 0) is 0 Å². The summed E-state index contributed by atoms with van der Waals surface area (Å²) in [7, 11) is 0. The number of nitrogens with zero attached hydrogens (tertiary/aromatic N) is 3. The molecule has 0 atom stereocenters. The second-order valence-electron chi connectivity index (χ2n) is 6.96. The van der Waals surface area contributed by atoms with Gasteiger partial charge in [0.2, 0.25) is 0 Å². The third kappa shape index (κ3) is 2.99. The molecule has 134 valence electrons. The molecule has 1 N–H and O–H groups in total. The van der Waals surface area contributed by atoms with Crippen LogP contribution in [-0.4, -0.2) is 20.4 Å². The number of hydrogen-bond donors (Lipinski definition) is 1. The largest absolute Gasteiger partial charge is 0.360 e. The molecule has 3 heterocycles. The molecule has 1 aliphatic carbocycles. The molecule has 0 unspecified atom stereocenters. The molecule has 0 radical (unpaired) electrons. The van der Waals surface area contributed by atoms with Gasteiger partial charge in [0.05, 0.1) is 5.69 Å². The number of fused-ring (bicyclic) bond motifs is 1. The van der Waals surface area contributed by atoms with Crippen molar-refractivity contribution in [3.63, 3.8) is 0 Å². The first-order valence-corrected chi connectivity index (χ1v) is 9.00. The Morgan fingerprint density at radius 3 is 2.93 bits per heavy atom. The number of pyridine rings is 1. The van der Waals surface area contributed by atoms with Gasteiger partial charge in [0, 0.05) is 35.6 Å². The van der Waals surface area contributed by atoms with E-state index in [1.807, 2.05) is 60.1 Å². The molecule has 1 fully saturated rings. The first-order valence-electron chi connectivity index (χ1n) is 9.00. The van der Waals surface area contributed by atoms with E-state index in [9.17, 15) is 4.79 Å². The Balaban J connectivity index is 1.43. The van der Waals surface area contributed by atoms with E-state index in [0.717, 1.165) is 46.8 Å².